The van der Waals surface area contributed by atoms with E-state index >= 15 is 0 Å². The molecule has 5 unspecified atom stereocenters. The van der Waals surface area contributed by atoms with Crippen molar-refractivity contribution in [1.82, 2.24) is 0 Å². The number of hydrogen-bond acceptors (Lipinski definition) is 4. The van der Waals surface area contributed by atoms with Crippen LogP contribution in [0.5, 0.6) is 0 Å². The maximum atomic E-state index is 12.8. The van der Waals surface area contributed by atoms with E-state index in [1.54, 1.807) is 0 Å². The topological polar surface area (TPSA) is 70.7 Å². The van der Waals surface area contributed by atoms with Gasteiger partial charge in [-0.25, -0.2) is 0 Å². The molecule has 152 valence electrons. The fraction of sp³-hybridized carbons (Fsp3) is 0.708. The lowest BCUT2D eigenvalue weighted by molar-refractivity contribution is -0.147. The number of ketones is 1. The van der Waals surface area contributed by atoms with Gasteiger partial charge in [-0.15, -0.1) is 0 Å². The number of carbonyl (C=O) groups is 1. The lowest BCUT2D eigenvalue weighted by Crippen LogP contribution is -2.58. The number of hydrogen-bond donors (Lipinski definition) is 2. The van der Waals surface area contributed by atoms with Crippen LogP contribution in [0.15, 0.2) is 28.2 Å². The van der Waals surface area contributed by atoms with Crippen LogP contribution in [0.25, 0.3) is 0 Å². The summed E-state index contributed by atoms with van der Waals surface area (Å²) in [6.07, 6.45) is 6.05. The molecule has 4 aliphatic rings. The first-order valence-corrected chi connectivity index (χ1v) is 10.9. The van der Waals surface area contributed by atoms with Crippen molar-refractivity contribution in [1.29, 1.82) is 0 Å². The van der Waals surface area contributed by atoms with Gasteiger partial charge in [-0.3, -0.25) is 4.79 Å². The fourth-order valence-electron chi connectivity index (χ4n) is 7.46. The zero-order valence-corrected chi connectivity index (χ0v) is 17.1. The van der Waals surface area contributed by atoms with Gasteiger partial charge in [0.15, 0.2) is 0 Å². The number of allylic oxidation sites excluding steroid dienone is 1. The Labute approximate surface area is 167 Å². The van der Waals surface area contributed by atoms with Gasteiger partial charge in [-0.05, 0) is 74.3 Å². The summed E-state index contributed by atoms with van der Waals surface area (Å²) in [6, 6.07) is 4.07. The van der Waals surface area contributed by atoms with Crippen LogP contribution in [0.3, 0.4) is 0 Å². The summed E-state index contributed by atoms with van der Waals surface area (Å²) < 4.78 is 6.08. The molecule has 1 aromatic heterocycles. The van der Waals surface area contributed by atoms with E-state index in [-0.39, 0.29) is 35.2 Å². The van der Waals surface area contributed by atoms with E-state index in [9.17, 15) is 15.0 Å². The van der Waals surface area contributed by atoms with Gasteiger partial charge in [0, 0.05) is 17.8 Å². The molecule has 3 saturated carbocycles. The van der Waals surface area contributed by atoms with E-state index in [0.717, 1.165) is 30.8 Å². The van der Waals surface area contributed by atoms with Gasteiger partial charge >= 0.3 is 0 Å². The van der Waals surface area contributed by atoms with E-state index < -0.39 is 11.5 Å². The monoisotopic (exact) mass is 384 g/mol. The number of aliphatic hydroxyl groups excluding tert-OH is 2. The van der Waals surface area contributed by atoms with Crippen LogP contribution in [-0.2, 0) is 4.79 Å². The largest absolute Gasteiger partial charge is 0.466 e. The molecule has 0 spiro atoms. The Bertz CT molecular complexity index is 837. The third kappa shape index (κ3) is 2.40. The summed E-state index contributed by atoms with van der Waals surface area (Å²) in [5.41, 5.74) is 0.753. The number of aliphatic hydroxyl groups is 2. The molecule has 0 amide bonds. The Kier molecular flexibility index (Phi) is 4.03. The number of furan rings is 1. The molecular weight excluding hydrogens is 352 g/mol. The minimum atomic E-state index is -0.490. The van der Waals surface area contributed by atoms with Crippen molar-refractivity contribution < 1.29 is 19.4 Å². The van der Waals surface area contributed by atoms with Crippen LogP contribution >= 0.6 is 0 Å². The van der Waals surface area contributed by atoms with Gasteiger partial charge in [0.2, 0.25) is 0 Å². The summed E-state index contributed by atoms with van der Waals surface area (Å²) in [5, 5.41) is 21.7. The highest BCUT2D eigenvalue weighted by Crippen LogP contribution is 2.66. The number of carbonyl (C=O) groups excluding carboxylic acids is 1. The van der Waals surface area contributed by atoms with E-state index in [2.05, 4.69) is 26.0 Å². The van der Waals surface area contributed by atoms with Gasteiger partial charge in [0.1, 0.15) is 17.3 Å². The highest BCUT2D eigenvalue weighted by Gasteiger charge is 2.64. The number of fused-ring (bicyclic) bond motifs is 5. The average molecular weight is 385 g/mol. The van der Waals surface area contributed by atoms with Gasteiger partial charge < -0.3 is 14.6 Å². The summed E-state index contributed by atoms with van der Waals surface area (Å²) in [7, 11) is 0. The second kappa shape index (κ2) is 6.06. The van der Waals surface area contributed by atoms with Crippen molar-refractivity contribution >= 4 is 5.78 Å². The van der Waals surface area contributed by atoms with Crippen molar-refractivity contribution in [2.75, 3.05) is 0 Å². The van der Waals surface area contributed by atoms with E-state index in [4.69, 9.17) is 4.42 Å². The molecule has 1 aromatic rings. The van der Waals surface area contributed by atoms with Crippen molar-refractivity contribution in [3.63, 3.8) is 0 Å². The van der Waals surface area contributed by atoms with Crippen molar-refractivity contribution in [2.24, 2.45) is 28.6 Å². The van der Waals surface area contributed by atoms with Crippen molar-refractivity contribution in [3.8, 4) is 0 Å². The Morgan fingerprint density at radius 3 is 2.64 bits per heavy atom. The first kappa shape index (κ1) is 18.6. The third-order valence-electron chi connectivity index (χ3n) is 8.87. The zero-order chi connectivity index (χ0) is 19.8. The standard InChI is InChI=1S/C24H32O4/c1-13-4-6-19(28-13)16-11-14-10-15(25)8-9-23(14,2)22-18(26)12-24(3)17(21(16)22)5-7-20(24)27/h4,6,11,15-18,21-22,25-26H,5,7-10,12H2,1-3H3/t15?,16-,17?,18+,21?,22-,23?,24?/m0/s1. The van der Waals surface area contributed by atoms with Crippen LogP contribution in [0.2, 0.25) is 0 Å². The summed E-state index contributed by atoms with van der Waals surface area (Å²) >= 11 is 0. The summed E-state index contributed by atoms with van der Waals surface area (Å²) in [6.45, 7) is 6.34. The maximum Gasteiger partial charge on any atom is 0.139 e. The summed E-state index contributed by atoms with van der Waals surface area (Å²) in [5.74, 6) is 2.82. The molecule has 0 radical (unpaired) electrons. The molecule has 4 aliphatic carbocycles. The van der Waals surface area contributed by atoms with E-state index in [1.807, 2.05) is 13.0 Å². The first-order valence-electron chi connectivity index (χ1n) is 10.9. The van der Waals surface area contributed by atoms with Crippen molar-refractivity contribution in [3.05, 3.63) is 35.3 Å². The van der Waals surface area contributed by atoms with Gasteiger partial charge in [0.05, 0.1) is 12.2 Å². The minimum absolute atomic E-state index is 0.0669. The van der Waals surface area contributed by atoms with Crippen LogP contribution in [0, 0.1) is 35.5 Å². The molecule has 3 fully saturated rings. The molecule has 0 bridgehead atoms. The number of rotatable bonds is 1. The fourth-order valence-corrected chi connectivity index (χ4v) is 7.46. The van der Waals surface area contributed by atoms with E-state index in [1.165, 1.54) is 5.57 Å². The molecule has 8 atom stereocenters. The smallest absolute Gasteiger partial charge is 0.139 e. The molecule has 0 aromatic carbocycles. The molecule has 2 N–H and O–H groups in total. The quantitative estimate of drug-likeness (QED) is 0.714. The van der Waals surface area contributed by atoms with Crippen LogP contribution in [0.4, 0.5) is 0 Å². The lowest BCUT2D eigenvalue weighted by Gasteiger charge is -2.60. The third-order valence-corrected chi connectivity index (χ3v) is 8.87. The Morgan fingerprint density at radius 2 is 1.93 bits per heavy atom. The predicted molar refractivity (Wildman–Crippen MR) is 106 cm³/mol. The molecule has 28 heavy (non-hydrogen) atoms. The van der Waals surface area contributed by atoms with Gasteiger partial charge in [0.25, 0.3) is 0 Å². The SMILES string of the molecule is Cc1ccc([C@@H]2C=C3CC(O)CCC3(C)[C@@H]3C2C2CCC(=O)C2(C)C[C@H]3O)o1. The Balaban J connectivity index is 1.68. The number of aryl methyl sites for hydroxylation is 1. The predicted octanol–water partition coefficient (Wildman–Crippen LogP) is 4.15. The second-order valence-electron chi connectivity index (χ2n) is 10.3. The first-order chi connectivity index (χ1) is 13.2. The molecule has 0 aliphatic heterocycles. The van der Waals surface area contributed by atoms with Crippen LogP contribution in [-0.4, -0.2) is 28.2 Å². The normalized spacial score (nSPS) is 47.9. The molecule has 5 rings (SSSR count). The number of Topliss-reactive ketones (excluding diaryl/α,β-unsaturated/α-hetero) is 1. The highest BCUT2D eigenvalue weighted by molar-refractivity contribution is 5.87. The molecule has 1 heterocycles. The second-order valence-corrected chi connectivity index (χ2v) is 10.3. The van der Waals surface area contributed by atoms with Gasteiger partial charge in [-0.1, -0.05) is 25.5 Å². The van der Waals surface area contributed by atoms with Gasteiger partial charge in [-0.2, -0.15) is 0 Å². The van der Waals surface area contributed by atoms with Crippen LogP contribution < -0.4 is 0 Å². The molecular formula is C24H32O4. The lowest BCUT2D eigenvalue weighted by atomic mass is 9.45. The molecule has 4 heteroatoms. The summed E-state index contributed by atoms with van der Waals surface area (Å²) in [4.78, 5) is 12.8. The van der Waals surface area contributed by atoms with Crippen molar-refractivity contribution in [2.45, 2.75) is 77.4 Å². The van der Waals surface area contributed by atoms with Crippen LogP contribution in [0.1, 0.15) is 69.8 Å². The molecule has 4 nitrogen and oxygen atoms in total. The highest BCUT2D eigenvalue weighted by atomic mass is 16.3. The Hall–Kier alpha value is -1.39. The van der Waals surface area contributed by atoms with E-state index in [0.29, 0.717) is 25.0 Å². The zero-order valence-electron chi connectivity index (χ0n) is 17.1. The maximum absolute atomic E-state index is 12.8. The average Bonchev–Trinajstić information content (AvgIpc) is 3.18. The molecule has 0 saturated heterocycles. The Morgan fingerprint density at radius 1 is 1.14 bits per heavy atom. The minimum Gasteiger partial charge on any atom is -0.466 e.